The molecule has 2 aliphatic rings. The molecular weight excluding hydrogens is 460 g/mol. The predicted octanol–water partition coefficient (Wildman–Crippen LogP) is 3.93. The van der Waals surface area contributed by atoms with Gasteiger partial charge in [-0.25, -0.2) is 4.98 Å². The second kappa shape index (κ2) is 9.93. The second-order valence-electron chi connectivity index (χ2n) is 10.1. The van der Waals surface area contributed by atoms with Crippen LogP contribution in [0.2, 0.25) is 0 Å². The Morgan fingerprint density at radius 2 is 1.80 bits per heavy atom. The Hall–Kier alpha value is -3.00. The zero-order valence-electron chi connectivity index (χ0n) is 20.4. The minimum atomic E-state index is -0.190. The molecule has 4 heterocycles. The molecular formula is C27H32N4O3S. The van der Waals surface area contributed by atoms with E-state index in [1.807, 2.05) is 41.5 Å². The lowest BCUT2D eigenvalue weighted by Gasteiger charge is -2.37. The van der Waals surface area contributed by atoms with Gasteiger partial charge in [0.25, 0.3) is 5.56 Å². The van der Waals surface area contributed by atoms with Crippen molar-refractivity contribution in [3.05, 3.63) is 51.9 Å². The van der Waals surface area contributed by atoms with E-state index < -0.39 is 0 Å². The predicted molar refractivity (Wildman–Crippen MR) is 138 cm³/mol. The fraction of sp³-hybridized carbons (Fsp3) is 0.481. The lowest BCUT2D eigenvalue weighted by atomic mass is 9.92. The minimum Gasteiger partial charge on any atom is -0.342 e. The van der Waals surface area contributed by atoms with Crippen LogP contribution in [0.25, 0.3) is 21.3 Å². The van der Waals surface area contributed by atoms with E-state index in [9.17, 15) is 14.4 Å². The number of aryl methyl sites for hydroxylation is 1. The molecule has 2 aliphatic heterocycles. The van der Waals surface area contributed by atoms with Gasteiger partial charge in [-0.3, -0.25) is 19.0 Å². The molecule has 1 aromatic carbocycles. The Bertz CT molecular complexity index is 1290. The maximum absolute atomic E-state index is 13.3. The molecule has 2 aromatic heterocycles. The molecule has 0 N–H and O–H groups in total. The van der Waals surface area contributed by atoms with Crippen LogP contribution in [0, 0.1) is 18.8 Å². The smallest absolute Gasteiger partial charge is 0.263 e. The lowest BCUT2D eigenvalue weighted by Crippen LogP contribution is -2.47. The van der Waals surface area contributed by atoms with Crippen LogP contribution in [0.3, 0.4) is 0 Å². The van der Waals surface area contributed by atoms with Crippen LogP contribution in [-0.4, -0.2) is 57.3 Å². The van der Waals surface area contributed by atoms with Gasteiger partial charge >= 0.3 is 0 Å². The van der Waals surface area contributed by atoms with Gasteiger partial charge < -0.3 is 9.80 Å². The van der Waals surface area contributed by atoms with Gasteiger partial charge in [-0.1, -0.05) is 36.8 Å². The third-order valence-corrected chi connectivity index (χ3v) is 8.28. The summed E-state index contributed by atoms with van der Waals surface area (Å²) in [4.78, 5) is 48.3. The van der Waals surface area contributed by atoms with Gasteiger partial charge in [-0.05, 0) is 44.1 Å². The highest BCUT2D eigenvalue weighted by Gasteiger charge is 2.32. The number of thiophene rings is 1. The summed E-state index contributed by atoms with van der Waals surface area (Å²) in [6.45, 7) is 7.01. The second-order valence-corrected chi connectivity index (χ2v) is 10.9. The summed E-state index contributed by atoms with van der Waals surface area (Å²) >= 11 is 1.44. The first-order valence-corrected chi connectivity index (χ1v) is 13.4. The van der Waals surface area contributed by atoms with Crippen LogP contribution >= 0.6 is 11.3 Å². The molecule has 0 spiro atoms. The molecule has 2 amide bonds. The van der Waals surface area contributed by atoms with Crippen LogP contribution < -0.4 is 5.56 Å². The van der Waals surface area contributed by atoms with E-state index in [2.05, 4.69) is 11.9 Å². The largest absolute Gasteiger partial charge is 0.342 e. The van der Waals surface area contributed by atoms with Crippen molar-refractivity contribution in [3.8, 4) is 11.1 Å². The van der Waals surface area contributed by atoms with E-state index >= 15 is 0 Å². The Kier molecular flexibility index (Phi) is 6.73. The summed E-state index contributed by atoms with van der Waals surface area (Å²) < 4.78 is 1.42. The van der Waals surface area contributed by atoms with E-state index in [0.717, 1.165) is 36.2 Å². The van der Waals surface area contributed by atoms with Gasteiger partial charge in [0.15, 0.2) is 0 Å². The summed E-state index contributed by atoms with van der Waals surface area (Å²) in [5.41, 5.74) is 2.80. The van der Waals surface area contributed by atoms with Crippen LogP contribution in [0.1, 0.15) is 38.2 Å². The number of nitrogens with zero attached hydrogens (tertiary/aromatic N) is 4. The molecule has 184 valence electrons. The number of piperidine rings is 2. The number of hydrogen-bond donors (Lipinski definition) is 0. The van der Waals surface area contributed by atoms with Gasteiger partial charge in [-0.2, -0.15) is 0 Å². The van der Waals surface area contributed by atoms with Crippen molar-refractivity contribution >= 4 is 33.4 Å². The topological polar surface area (TPSA) is 75.5 Å². The number of fused-ring (bicyclic) bond motifs is 1. The fourth-order valence-corrected chi connectivity index (χ4v) is 6.20. The van der Waals surface area contributed by atoms with E-state index in [1.165, 1.54) is 28.7 Å². The van der Waals surface area contributed by atoms with Crippen LogP contribution in [0.5, 0.6) is 0 Å². The van der Waals surface area contributed by atoms with E-state index in [-0.39, 0.29) is 29.8 Å². The number of carbonyl (C=O) groups excluding carboxylic acids is 2. The highest BCUT2D eigenvalue weighted by atomic mass is 32.1. The molecule has 8 heteroatoms. The molecule has 3 aromatic rings. The first-order chi connectivity index (χ1) is 16.9. The molecule has 1 unspecified atom stereocenters. The van der Waals surface area contributed by atoms with Gasteiger partial charge in [-0.15, -0.1) is 11.3 Å². The van der Waals surface area contributed by atoms with Crippen molar-refractivity contribution in [2.24, 2.45) is 11.8 Å². The minimum absolute atomic E-state index is 0.00652. The standard InChI is InChI=1S/C27H32N4O3S/c1-18-5-7-20(8-6-18)22-16-35-25-24(22)27(34)31(17-28-25)15-23(32)29-12-9-21(10-13-29)26(33)30-11-3-4-19(2)14-30/h5-8,16-17,19,21H,3-4,9-15H2,1-2H3. The number of hydrogen-bond acceptors (Lipinski definition) is 5. The fourth-order valence-electron chi connectivity index (χ4n) is 5.30. The number of carbonyl (C=O) groups is 2. The Morgan fingerprint density at radius 1 is 1.06 bits per heavy atom. The zero-order chi connectivity index (χ0) is 24.5. The summed E-state index contributed by atoms with van der Waals surface area (Å²) in [5.74, 6) is 0.704. The Labute approximate surface area is 209 Å². The van der Waals surface area contributed by atoms with Gasteiger partial charge in [0, 0.05) is 43.0 Å². The maximum atomic E-state index is 13.3. The number of likely N-dealkylation sites (tertiary alicyclic amines) is 2. The summed E-state index contributed by atoms with van der Waals surface area (Å²) in [7, 11) is 0. The number of rotatable bonds is 4. The Balaban J connectivity index is 1.26. The first-order valence-electron chi connectivity index (χ1n) is 12.5. The van der Waals surface area contributed by atoms with Gasteiger partial charge in [0.05, 0.1) is 11.7 Å². The van der Waals surface area contributed by atoms with Crippen LogP contribution in [0.4, 0.5) is 0 Å². The van der Waals surface area contributed by atoms with Crippen molar-refractivity contribution in [2.45, 2.75) is 46.1 Å². The lowest BCUT2D eigenvalue weighted by molar-refractivity contribution is -0.142. The highest BCUT2D eigenvalue weighted by molar-refractivity contribution is 7.17. The Morgan fingerprint density at radius 3 is 2.51 bits per heavy atom. The first kappa shape index (κ1) is 23.7. The number of amides is 2. The number of aromatic nitrogens is 2. The highest BCUT2D eigenvalue weighted by Crippen LogP contribution is 2.31. The van der Waals surface area contributed by atoms with E-state index in [1.54, 1.807) is 4.90 Å². The molecule has 0 bridgehead atoms. The summed E-state index contributed by atoms with van der Waals surface area (Å²) in [5, 5.41) is 2.52. The molecule has 0 radical (unpaired) electrons. The van der Waals surface area contributed by atoms with Gasteiger partial charge in [0.2, 0.25) is 11.8 Å². The quantitative estimate of drug-likeness (QED) is 0.553. The molecule has 35 heavy (non-hydrogen) atoms. The molecule has 5 rings (SSSR count). The zero-order valence-corrected chi connectivity index (χ0v) is 21.2. The number of benzene rings is 1. The summed E-state index contributed by atoms with van der Waals surface area (Å²) in [6, 6.07) is 8.07. The third kappa shape index (κ3) is 4.89. The monoisotopic (exact) mass is 492 g/mol. The maximum Gasteiger partial charge on any atom is 0.263 e. The molecule has 0 saturated carbocycles. The molecule has 0 aliphatic carbocycles. The SMILES string of the molecule is Cc1ccc(-c2csc3ncn(CC(=O)N4CCC(C(=O)N5CCCC(C)C5)CC4)c(=O)c23)cc1. The van der Waals surface area contributed by atoms with Crippen molar-refractivity contribution in [1.82, 2.24) is 19.4 Å². The van der Waals surface area contributed by atoms with Crippen molar-refractivity contribution in [2.75, 3.05) is 26.2 Å². The van der Waals surface area contributed by atoms with Crippen molar-refractivity contribution < 1.29 is 9.59 Å². The van der Waals surface area contributed by atoms with Crippen molar-refractivity contribution in [3.63, 3.8) is 0 Å². The average molecular weight is 493 g/mol. The van der Waals surface area contributed by atoms with E-state index in [4.69, 9.17) is 0 Å². The van der Waals surface area contributed by atoms with E-state index in [0.29, 0.717) is 42.1 Å². The van der Waals surface area contributed by atoms with Crippen LogP contribution in [0.15, 0.2) is 40.8 Å². The molecule has 2 fully saturated rings. The molecule has 7 nitrogen and oxygen atoms in total. The van der Waals surface area contributed by atoms with Crippen molar-refractivity contribution in [1.29, 1.82) is 0 Å². The molecule has 1 atom stereocenters. The van der Waals surface area contributed by atoms with Gasteiger partial charge in [0.1, 0.15) is 11.4 Å². The normalized spacial score (nSPS) is 19.3. The summed E-state index contributed by atoms with van der Waals surface area (Å²) in [6.07, 6.45) is 5.11. The third-order valence-electron chi connectivity index (χ3n) is 7.39. The average Bonchev–Trinajstić information content (AvgIpc) is 3.31. The van der Waals surface area contributed by atoms with Crippen LogP contribution in [-0.2, 0) is 16.1 Å². The molecule has 2 saturated heterocycles.